The highest BCUT2D eigenvalue weighted by Crippen LogP contribution is 2.50. The van der Waals surface area contributed by atoms with E-state index in [1.54, 1.807) is 11.0 Å². The summed E-state index contributed by atoms with van der Waals surface area (Å²) < 4.78 is 24.7. The Balaban J connectivity index is 1.79. The smallest absolute Gasteiger partial charge is 0.251 e. The normalized spacial score (nSPS) is 20.1. The van der Waals surface area contributed by atoms with Gasteiger partial charge in [-0.1, -0.05) is 42.3 Å². The highest BCUT2D eigenvalue weighted by atomic mass is 35.5. The van der Waals surface area contributed by atoms with Crippen LogP contribution in [0.1, 0.15) is 24.8 Å². The van der Waals surface area contributed by atoms with Crippen LogP contribution >= 0.6 is 23.2 Å². The first kappa shape index (κ1) is 18.4. The quantitative estimate of drug-likeness (QED) is 0.760. The van der Waals surface area contributed by atoms with E-state index < -0.39 is 6.43 Å². The monoisotopic (exact) mass is 364 g/mol. The van der Waals surface area contributed by atoms with E-state index >= 15 is 0 Å². The largest absolute Gasteiger partial charge is 0.355 e. The molecule has 0 unspecified atom stereocenters. The third-order valence-corrected chi connectivity index (χ3v) is 4.91. The Morgan fingerprint density at radius 2 is 2.17 bits per heavy atom. The lowest BCUT2D eigenvalue weighted by Gasteiger charge is -2.19. The van der Waals surface area contributed by atoms with Crippen molar-refractivity contribution in [2.45, 2.75) is 25.7 Å². The summed E-state index contributed by atoms with van der Waals surface area (Å²) in [6.07, 6.45) is -1.62. The van der Waals surface area contributed by atoms with Crippen molar-refractivity contribution in [3.8, 4) is 0 Å². The summed E-state index contributed by atoms with van der Waals surface area (Å²) in [5, 5.41) is 3.81. The molecule has 0 saturated heterocycles. The first-order valence-corrected chi connectivity index (χ1v) is 8.41. The molecule has 0 heterocycles. The number of hydrogen-bond donors (Lipinski definition) is 1. The van der Waals surface area contributed by atoms with Gasteiger partial charge in [0, 0.05) is 19.0 Å². The Kier molecular flexibility index (Phi) is 6.62. The molecule has 0 spiro atoms. The lowest BCUT2D eigenvalue weighted by molar-refractivity contribution is -0.122. The second-order valence-corrected chi connectivity index (χ2v) is 6.45. The first-order chi connectivity index (χ1) is 10.9. The molecule has 0 bridgehead atoms. The fraction of sp³-hybridized carbons (Fsp3) is 0.562. The third kappa shape index (κ3) is 5.03. The molecule has 1 saturated carbocycles. The second kappa shape index (κ2) is 8.27. The molecule has 1 aliphatic carbocycles. The predicted octanol–water partition coefficient (Wildman–Crippen LogP) is 3.80. The molecule has 1 aromatic rings. The number of nitrogens with zero attached hydrogens (tertiary/aromatic N) is 1. The molecule has 1 aliphatic rings. The van der Waals surface area contributed by atoms with Crippen LogP contribution < -0.4 is 5.32 Å². The van der Waals surface area contributed by atoms with Gasteiger partial charge in [-0.05, 0) is 30.5 Å². The number of halogens is 4. The summed E-state index contributed by atoms with van der Waals surface area (Å²) in [6, 6.07) is 5.42. The number of nitrogens with one attached hydrogen (secondary N) is 1. The average molecular weight is 365 g/mol. The van der Waals surface area contributed by atoms with Crippen LogP contribution in [0, 0.1) is 5.92 Å². The summed E-state index contributed by atoms with van der Waals surface area (Å²) in [5.74, 6) is -0.0835. The van der Waals surface area contributed by atoms with Crippen LogP contribution in [0.2, 0.25) is 10.0 Å². The maximum absolute atomic E-state index is 12.4. The topological polar surface area (TPSA) is 32.3 Å². The molecule has 1 aromatic carbocycles. The van der Waals surface area contributed by atoms with Crippen molar-refractivity contribution in [3.05, 3.63) is 33.8 Å². The predicted molar refractivity (Wildman–Crippen MR) is 88.4 cm³/mol. The van der Waals surface area contributed by atoms with Crippen LogP contribution in [-0.4, -0.2) is 43.4 Å². The van der Waals surface area contributed by atoms with Crippen LogP contribution in [0.25, 0.3) is 0 Å². The van der Waals surface area contributed by atoms with Gasteiger partial charge < -0.3 is 5.32 Å². The number of carbonyl (C=O) groups is 1. The van der Waals surface area contributed by atoms with Crippen molar-refractivity contribution in [2.75, 3.05) is 26.2 Å². The molecule has 1 amide bonds. The Labute approximate surface area is 144 Å². The van der Waals surface area contributed by atoms with Gasteiger partial charge in [-0.25, -0.2) is 8.78 Å². The summed E-state index contributed by atoms with van der Waals surface area (Å²) in [7, 11) is 0. The number of carbonyl (C=O) groups excluding carboxylic acids is 1. The van der Waals surface area contributed by atoms with Gasteiger partial charge in [-0.3, -0.25) is 9.69 Å². The van der Waals surface area contributed by atoms with Gasteiger partial charge in [-0.2, -0.15) is 0 Å². The van der Waals surface area contributed by atoms with E-state index in [2.05, 4.69) is 5.32 Å². The minimum Gasteiger partial charge on any atom is -0.355 e. The van der Waals surface area contributed by atoms with E-state index in [1.807, 2.05) is 19.1 Å². The lowest BCUT2D eigenvalue weighted by Crippen LogP contribution is -2.37. The molecule has 23 heavy (non-hydrogen) atoms. The first-order valence-electron chi connectivity index (χ1n) is 7.66. The Morgan fingerprint density at radius 3 is 2.83 bits per heavy atom. The molecule has 0 aromatic heterocycles. The molecule has 1 fully saturated rings. The SMILES string of the molecule is CCN(CCNC(=O)[C@@H]1C[C@@H]1c1cccc(Cl)c1Cl)CC(F)F. The number of benzene rings is 1. The van der Waals surface area contributed by atoms with Crippen molar-refractivity contribution in [2.24, 2.45) is 5.92 Å². The van der Waals surface area contributed by atoms with E-state index in [-0.39, 0.29) is 24.3 Å². The van der Waals surface area contributed by atoms with Gasteiger partial charge in [0.2, 0.25) is 5.91 Å². The van der Waals surface area contributed by atoms with Crippen LogP contribution in [0.15, 0.2) is 18.2 Å². The molecular weight excluding hydrogens is 345 g/mol. The lowest BCUT2D eigenvalue weighted by atomic mass is 10.1. The Bertz CT molecular complexity index is 557. The van der Waals surface area contributed by atoms with E-state index in [9.17, 15) is 13.6 Å². The van der Waals surface area contributed by atoms with E-state index in [4.69, 9.17) is 23.2 Å². The van der Waals surface area contributed by atoms with Crippen LogP contribution in [-0.2, 0) is 4.79 Å². The minimum atomic E-state index is -2.36. The molecule has 1 N–H and O–H groups in total. The van der Waals surface area contributed by atoms with E-state index in [1.165, 1.54) is 0 Å². The molecule has 0 radical (unpaired) electrons. The summed E-state index contributed by atoms with van der Waals surface area (Å²) in [6.45, 7) is 2.87. The summed E-state index contributed by atoms with van der Waals surface area (Å²) >= 11 is 12.2. The Hall–Kier alpha value is -0.910. The second-order valence-electron chi connectivity index (χ2n) is 5.67. The molecule has 3 nitrogen and oxygen atoms in total. The third-order valence-electron chi connectivity index (χ3n) is 4.08. The van der Waals surface area contributed by atoms with Gasteiger partial charge in [-0.15, -0.1) is 0 Å². The fourth-order valence-electron chi connectivity index (χ4n) is 2.68. The maximum Gasteiger partial charge on any atom is 0.251 e. The zero-order valence-corrected chi connectivity index (χ0v) is 14.4. The number of alkyl halides is 2. The van der Waals surface area contributed by atoms with Crippen molar-refractivity contribution >= 4 is 29.1 Å². The summed E-state index contributed by atoms with van der Waals surface area (Å²) in [4.78, 5) is 13.7. The van der Waals surface area contributed by atoms with Gasteiger partial charge in [0.25, 0.3) is 6.43 Å². The molecular formula is C16H20Cl2F2N2O. The fourth-order valence-corrected chi connectivity index (χ4v) is 3.13. The van der Waals surface area contributed by atoms with Crippen molar-refractivity contribution < 1.29 is 13.6 Å². The van der Waals surface area contributed by atoms with E-state index in [0.29, 0.717) is 29.7 Å². The van der Waals surface area contributed by atoms with Crippen molar-refractivity contribution in [3.63, 3.8) is 0 Å². The van der Waals surface area contributed by atoms with Crippen molar-refractivity contribution in [1.29, 1.82) is 0 Å². The van der Waals surface area contributed by atoms with Crippen LogP contribution in [0.3, 0.4) is 0 Å². The molecule has 2 atom stereocenters. The maximum atomic E-state index is 12.4. The molecule has 2 rings (SSSR count). The van der Waals surface area contributed by atoms with Crippen LogP contribution in [0.4, 0.5) is 8.78 Å². The zero-order valence-electron chi connectivity index (χ0n) is 12.9. The standard InChI is InChI=1S/C16H20Cl2F2N2O/c1-2-22(9-14(19)20)7-6-21-16(23)12-8-11(12)10-4-3-5-13(17)15(10)18/h3-5,11-12,14H,2,6-9H2,1H3,(H,21,23)/t11-,12-/m1/s1. The number of likely N-dealkylation sites (N-methyl/N-ethyl adjacent to an activating group) is 1. The van der Waals surface area contributed by atoms with Gasteiger partial charge in [0.05, 0.1) is 16.6 Å². The van der Waals surface area contributed by atoms with Gasteiger partial charge >= 0.3 is 0 Å². The molecule has 0 aliphatic heterocycles. The van der Waals surface area contributed by atoms with Gasteiger partial charge in [0.1, 0.15) is 0 Å². The number of amides is 1. The molecule has 7 heteroatoms. The van der Waals surface area contributed by atoms with Crippen LogP contribution in [0.5, 0.6) is 0 Å². The molecule has 128 valence electrons. The van der Waals surface area contributed by atoms with Crippen molar-refractivity contribution in [1.82, 2.24) is 10.2 Å². The average Bonchev–Trinajstić information content (AvgIpc) is 3.29. The summed E-state index contributed by atoms with van der Waals surface area (Å²) in [5.41, 5.74) is 0.896. The highest BCUT2D eigenvalue weighted by molar-refractivity contribution is 6.42. The zero-order chi connectivity index (χ0) is 17.0. The minimum absolute atomic E-state index is 0.0563. The highest BCUT2D eigenvalue weighted by Gasteiger charge is 2.44. The number of rotatable bonds is 8. The number of hydrogen-bond acceptors (Lipinski definition) is 2. The van der Waals surface area contributed by atoms with Gasteiger partial charge in [0.15, 0.2) is 0 Å². The Morgan fingerprint density at radius 1 is 1.43 bits per heavy atom. The van der Waals surface area contributed by atoms with E-state index in [0.717, 1.165) is 12.0 Å².